The molecule has 0 aliphatic carbocycles. The number of nitrogens with zero attached hydrogens (tertiary/aromatic N) is 2. The third-order valence-electron chi connectivity index (χ3n) is 4.00. The lowest BCUT2D eigenvalue weighted by Crippen LogP contribution is -2.58. The lowest BCUT2D eigenvalue weighted by molar-refractivity contribution is -0.136. The van der Waals surface area contributed by atoms with Gasteiger partial charge in [0.1, 0.15) is 0 Å². The zero-order valence-electron chi connectivity index (χ0n) is 11.6. The fourth-order valence-corrected chi connectivity index (χ4v) is 2.91. The summed E-state index contributed by atoms with van der Waals surface area (Å²) in [5.41, 5.74) is 0. The second-order valence-corrected chi connectivity index (χ2v) is 5.42. The van der Waals surface area contributed by atoms with Gasteiger partial charge >= 0.3 is 0 Å². The molecule has 2 atom stereocenters. The molecule has 2 N–H and O–H groups in total. The third kappa shape index (κ3) is 3.22. The first-order valence-corrected chi connectivity index (χ1v) is 7.15. The maximum Gasteiger partial charge on any atom is 0.241 e. The summed E-state index contributed by atoms with van der Waals surface area (Å²) in [7, 11) is 2.15. The van der Waals surface area contributed by atoms with Gasteiger partial charge in [0.05, 0.1) is 6.04 Å². The van der Waals surface area contributed by atoms with Crippen LogP contribution in [0.25, 0.3) is 0 Å². The molecule has 2 saturated heterocycles. The van der Waals surface area contributed by atoms with Gasteiger partial charge in [0.15, 0.2) is 0 Å². The Kier molecular flexibility index (Phi) is 4.97. The molecule has 104 valence electrons. The van der Waals surface area contributed by atoms with Crippen molar-refractivity contribution in [3.05, 3.63) is 0 Å². The Morgan fingerprint density at radius 3 is 2.83 bits per heavy atom. The van der Waals surface area contributed by atoms with Crippen molar-refractivity contribution in [1.29, 1.82) is 0 Å². The lowest BCUT2D eigenvalue weighted by atomic mass is 10.1. The van der Waals surface area contributed by atoms with E-state index in [0.717, 1.165) is 52.1 Å². The van der Waals surface area contributed by atoms with Crippen molar-refractivity contribution in [1.82, 2.24) is 20.4 Å². The first kappa shape index (κ1) is 13.8. The number of amides is 1. The highest BCUT2D eigenvalue weighted by atomic mass is 16.2. The average molecular weight is 254 g/mol. The minimum absolute atomic E-state index is 0.0313. The van der Waals surface area contributed by atoms with E-state index in [1.807, 2.05) is 0 Å². The van der Waals surface area contributed by atoms with Crippen molar-refractivity contribution < 1.29 is 4.79 Å². The molecule has 1 amide bonds. The molecular formula is C13H26N4O. The van der Waals surface area contributed by atoms with Gasteiger partial charge in [0, 0.05) is 38.8 Å². The number of nitrogens with one attached hydrogen (secondary N) is 2. The molecule has 0 saturated carbocycles. The summed E-state index contributed by atoms with van der Waals surface area (Å²) >= 11 is 0. The normalized spacial score (nSPS) is 31.1. The van der Waals surface area contributed by atoms with E-state index in [2.05, 4.69) is 34.4 Å². The SMILES string of the molecule is CCC1CN(C)CCCN1C(=O)C1CNCCN1. The first-order valence-electron chi connectivity index (χ1n) is 7.15. The smallest absolute Gasteiger partial charge is 0.241 e. The molecule has 2 rings (SSSR count). The van der Waals surface area contributed by atoms with Crippen LogP contribution in [0.3, 0.4) is 0 Å². The van der Waals surface area contributed by atoms with Gasteiger partial charge in [-0.15, -0.1) is 0 Å². The Balaban J connectivity index is 2.01. The second kappa shape index (κ2) is 6.50. The summed E-state index contributed by atoms with van der Waals surface area (Å²) in [5.74, 6) is 0.282. The number of piperazine rings is 1. The van der Waals surface area contributed by atoms with E-state index >= 15 is 0 Å². The lowest BCUT2D eigenvalue weighted by Gasteiger charge is -2.35. The van der Waals surface area contributed by atoms with Gasteiger partial charge in [-0.25, -0.2) is 0 Å². The van der Waals surface area contributed by atoms with Crippen LogP contribution in [0.1, 0.15) is 19.8 Å². The largest absolute Gasteiger partial charge is 0.337 e. The number of carbonyl (C=O) groups is 1. The summed E-state index contributed by atoms with van der Waals surface area (Å²) in [6.07, 6.45) is 2.12. The van der Waals surface area contributed by atoms with Crippen LogP contribution in [0.5, 0.6) is 0 Å². The Labute approximate surface area is 110 Å². The maximum atomic E-state index is 12.6. The van der Waals surface area contributed by atoms with Gasteiger partial charge in [-0.1, -0.05) is 6.92 Å². The van der Waals surface area contributed by atoms with Gasteiger partial charge in [-0.3, -0.25) is 4.79 Å². The molecular weight excluding hydrogens is 228 g/mol. The predicted molar refractivity (Wildman–Crippen MR) is 72.6 cm³/mol. The maximum absolute atomic E-state index is 12.6. The number of carbonyl (C=O) groups excluding carboxylic acids is 1. The van der Waals surface area contributed by atoms with Crippen LogP contribution in [-0.2, 0) is 4.79 Å². The average Bonchev–Trinajstić information content (AvgIpc) is 2.60. The Hall–Kier alpha value is -0.650. The van der Waals surface area contributed by atoms with E-state index in [0.29, 0.717) is 6.04 Å². The number of likely N-dealkylation sites (N-methyl/N-ethyl adjacent to an activating group) is 1. The van der Waals surface area contributed by atoms with E-state index in [-0.39, 0.29) is 11.9 Å². The zero-order valence-corrected chi connectivity index (χ0v) is 11.6. The summed E-state index contributed by atoms with van der Waals surface area (Å²) < 4.78 is 0. The second-order valence-electron chi connectivity index (χ2n) is 5.42. The van der Waals surface area contributed by atoms with Crippen LogP contribution in [0, 0.1) is 0 Å². The Bertz CT molecular complexity index is 278. The molecule has 18 heavy (non-hydrogen) atoms. The molecule has 5 nitrogen and oxygen atoms in total. The fourth-order valence-electron chi connectivity index (χ4n) is 2.91. The summed E-state index contributed by atoms with van der Waals surface area (Å²) in [5, 5.41) is 6.62. The molecule has 0 spiro atoms. The van der Waals surface area contributed by atoms with Crippen molar-refractivity contribution in [3.63, 3.8) is 0 Å². The van der Waals surface area contributed by atoms with Gasteiger partial charge in [-0.2, -0.15) is 0 Å². The highest BCUT2D eigenvalue weighted by molar-refractivity contribution is 5.82. The van der Waals surface area contributed by atoms with Crippen molar-refractivity contribution in [2.75, 3.05) is 46.3 Å². The van der Waals surface area contributed by atoms with Crippen LogP contribution in [-0.4, -0.2) is 74.1 Å². The van der Waals surface area contributed by atoms with Crippen molar-refractivity contribution in [2.24, 2.45) is 0 Å². The quantitative estimate of drug-likeness (QED) is 0.697. The van der Waals surface area contributed by atoms with Crippen LogP contribution < -0.4 is 10.6 Å². The fraction of sp³-hybridized carbons (Fsp3) is 0.923. The molecule has 0 aromatic rings. The number of hydrogen-bond acceptors (Lipinski definition) is 4. The molecule has 0 radical (unpaired) electrons. The molecule has 2 aliphatic heterocycles. The molecule has 0 bridgehead atoms. The van der Waals surface area contributed by atoms with Gasteiger partial charge in [-0.05, 0) is 26.4 Å². The summed E-state index contributed by atoms with van der Waals surface area (Å²) in [6, 6.07) is 0.338. The zero-order chi connectivity index (χ0) is 13.0. The van der Waals surface area contributed by atoms with Crippen LogP contribution in [0.4, 0.5) is 0 Å². The van der Waals surface area contributed by atoms with E-state index in [4.69, 9.17) is 0 Å². The first-order chi connectivity index (χ1) is 8.72. The number of hydrogen-bond donors (Lipinski definition) is 2. The minimum atomic E-state index is -0.0313. The molecule has 2 aliphatic rings. The molecule has 2 fully saturated rings. The summed E-state index contributed by atoms with van der Waals surface area (Å²) in [4.78, 5) is 17.0. The van der Waals surface area contributed by atoms with Gasteiger partial charge < -0.3 is 20.4 Å². The van der Waals surface area contributed by atoms with E-state index in [9.17, 15) is 4.79 Å². The Morgan fingerprint density at radius 1 is 1.33 bits per heavy atom. The molecule has 2 heterocycles. The predicted octanol–water partition coefficient (Wildman–Crippen LogP) is -0.509. The van der Waals surface area contributed by atoms with Crippen molar-refractivity contribution >= 4 is 5.91 Å². The van der Waals surface area contributed by atoms with Crippen LogP contribution >= 0.6 is 0 Å². The van der Waals surface area contributed by atoms with E-state index < -0.39 is 0 Å². The molecule has 0 aromatic carbocycles. The van der Waals surface area contributed by atoms with Crippen LogP contribution in [0.15, 0.2) is 0 Å². The monoisotopic (exact) mass is 254 g/mol. The van der Waals surface area contributed by atoms with E-state index in [1.54, 1.807) is 0 Å². The third-order valence-corrected chi connectivity index (χ3v) is 4.00. The summed E-state index contributed by atoms with van der Waals surface area (Å²) in [6.45, 7) is 7.79. The van der Waals surface area contributed by atoms with Gasteiger partial charge in [0.2, 0.25) is 5.91 Å². The standard InChI is InChI=1S/C13H26N4O/c1-3-11-10-16(2)7-4-8-17(11)13(18)12-9-14-5-6-15-12/h11-12,14-15H,3-10H2,1-2H3. The topological polar surface area (TPSA) is 47.6 Å². The van der Waals surface area contributed by atoms with Crippen molar-refractivity contribution in [2.45, 2.75) is 31.8 Å². The van der Waals surface area contributed by atoms with Gasteiger partial charge in [0.25, 0.3) is 0 Å². The van der Waals surface area contributed by atoms with E-state index in [1.165, 1.54) is 0 Å². The van der Waals surface area contributed by atoms with Crippen LogP contribution in [0.2, 0.25) is 0 Å². The van der Waals surface area contributed by atoms with Crippen molar-refractivity contribution in [3.8, 4) is 0 Å². The highest BCUT2D eigenvalue weighted by Crippen LogP contribution is 2.13. The molecule has 2 unspecified atom stereocenters. The minimum Gasteiger partial charge on any atom is -0.337 e. The molecule has 0 aromatic heterocycles. The molecule has 5 heteroatoms. The highest BCUT2D eigenvalue weighted by Gasteiger charge is 2.31. The number of rotatable bonds is 2. The Morgan fingerprint density at radius 2 is 2.17 bits per heavy atom.